The Balaban J connectivity index is 1.51. The number of ether oxygens (including phenoxy) is 3. The van der Waals surface area contributed by atoms with Gasteiger partial charge in [0.15, 0.2) is 6.61 Å². The Hall–Kier alpha value is -3.63. The van der Waals surface area contributed by atoms with Crippen LogP contribution in [0.15, 0.2) is 48.5 Å². The summed E-state index contributed by atoms with van der Waals surface area (Å²) in [6.45, 7) is 4.50. The number of hydrogen-bond donors (Lipinski definition) is 3. The van der Waals surface area contributed by atoms with Crippen LogP contribution in [0.5, 0.6) is 5.75 Å². The maximum atomic E-state index is 14.0. The van der Waals surface area contributed by atoms with Crippen LogP contribution in [-0.4, -0.2) is 121 Å². The quantitative estimate of drug-likeness (QED) is 0.331. The third kappa shape index (κ3) is 12.6. The average molecular weight is 720 g/mol. The van der Waals surface area contributed by atoms with Crippen LogP contribution in [0.3, 0.4) is 0 Å². The highest BCUT2D eigenvalue weighted by Gasteiger charge is 2.39. The second-order valence-electron chi connectivity index (χ2n) is 12.7. The second-order valence-corrected chi connectivity index (χ2v) is 14.7. The summed E-state index contributed by atoms with van der Waals surface area (Å²) in [6, 6.07) is 12.4. The number of methoxy groups -OCH3 is 1. The van der Waals surface area contributed by atoms with E-state index in [1.54, 1.807) is 19.2 Å². The molecule has 3 amide bonds. The molecule has 15 heteroatoms. The zero-order valence-electron chi connectivity index (χ0n) is 28.8. The van der Waals surface area contributed by atoms with Crippen molar-refractivity contribution >= 4 is 27.7 Å². The molecular weight excluding hydrogens is 669 g/mol. The van der Waals surface area contributed by atoms with Crippen LogP contribution in [0.2, 0.25) is 0 Å². The number of halogens is 1. The standard InChI is InChI=1S/C35H50FN5O8S/c1-47-21-13-35(34(44)38-15-18-40-19-22-48-23-20-40)24-28-7-11-31(12-8-28)49-25-33(43)37-14-3-17-41(16-2-4-32(42)39-27-35)50(45,46)26-29-5-9-30(36)10-6-29/h5-12H,2-4,13-27H2,1H3,(H,37,43)(H,38,44)(H,39,42). The summed E-state index contributed by atoms with van der Waals surface area (Å²) in [4.78, 5) is 42.0. The molecule has 1 saturated heterocycles. The molecule has 50 heavy (non-hydrogen) atoms. The Labute approximate surface area is 294 Å². The summed E-state index contributed by atoms with van der Waals surface area (Å²) >= 11 is 0. The predicted molar refractivity (Wildman–Crippen MR) is 185 cm³/mol. The lowest BCUT2D eigenvalue weighted by molar-refractivity contribution is -0.133. The normalized spacial score (nSPS) is 21.1. The molecule has 2 aromatic carbocycles. The van der Waals surface area contributed by atoms with Crippen molar-refractivity contribution in [2.24, 2.45) is 5.41 Å². The number of nitrogens with zero attached hydrogens (tertiary/aromatic N) is 2. The fraction of sp³-hybridized carbons (Fsp3) is 0.571. The first-order valence-corrected chi connectivity index (χ1v) is 18.7. The number of benzene rings is 2. The van der Waals surface area contributed by atoms with E-state index in [4.69, 9.17) is 14.2 Å². The monoisotopic (exact) mass is 719 g/mol. The van der Waals surface area contributed by atoms with Crippen LogP contribution >= 0.6 is 0 Å². The third-order valence-corrected chi connectivity index (χ3v) is 10.8. The Kier molecular flexibility index (Phi) is 15.4. The summed E-state index contributed by atoms with van der Waals surface area (Å²) in [5.41, 5.74) is 0.223. The fourth-order valence-electron chi connectivity index (χ4n) is 5.97. The van der Waals surface area contributed by atoms with E-state index >= 15 is 0 Å². The number of carbonyl (C=O) groups is 3. The molecule has 0 saturated carbocycles. The average Bonchev–Trinajstić information content (AvgIpc) is 3.11. The minimum absolute atomic E-state index is 0.0321. The van der Waals surface area contributed by atoms with Crippen LogP contribution in [0, 0.1) is 11.2 Å². The highest BCUT2D eigenvalue weighted by molar-refractivity contribution is 7.88. The number of hydrogen-bond acceptors (Lipinski definition) is 9. The van der Waals surface area contributed by atoms with Crippen molar-refractivity contribution in [1.29, 1.82) is 0 Å². The number of amides is 3. The van der Waals surface area contributed by atoms with Crippen molar-refractivity contribution in [2.45, 2.75) is 37.9 Å². The number of fused-ring (bicyclic) bond motifs is 17. The minimum Gasteiger partial charge on any atom is -0.484 e. The predicted octanol–water partition coefficient (Wildman–Crippen LogP) is 1.47. The molecule has 0 aliphatic carbocycles. The molecule has 3 N–H and O–H groups in total. The number of rotatable bonds is 10. The van der Waals surface area contributed by atoms with Gasteiger partial charge < -0.3 is 30.2 Å². The van der Waals surface area contributed by atoms with E-state index < -0.39 is 21.3 Å². The Morgan fingerprint density at radius 2 is 1.70 bits per heavy atom. The summed E-state index contributed by atoms with van der Waals surface area (Å²) in [7, 11) is -2.28. The van der Waals surface area contributed by atoms with E-state index in [2.05, 4.69) is 20.9 Å². The van der Waals surface area contributed by atoms with Crippen molar-refractivity contribution in [3.63, 3.8) is 0 Å². The highest BCUT2D eigenvalue weighted by Crippen LogP contribution is 2.29. The number of nitrogens with one attached hydrogen (secondary N) is 3. The van der Waals surface area contributed by atoms with Gasteiger partial charge in [-0.05, 0) is 61.1 Å². The van der Waals surface area contributed by atoms with E-state index in [1.165, 1.54) is 28.6 Å². The van der Waals surface area contributed by atoms with Gasteiger partial charge >= 0.3 is 0 Å². The lowest BCUT2D eigenvalue weighted by atomic mass is 9.77. The van der Waals surface area contributed by atoms with Crippen molar-refractivity contribution in [2.75, 3.05) is 85.9 Å². The zero-order chi connectivity index (χ0) is 35.8. The van der Waals surface area contributed by atoms with Gasteiger partial charge in [-0.15, -0.1) is 0 Å². The first-order valence-electron chi connectivity index (χ1n) is 17.1. The van der Waals surface area contributed by atoms with E-state index in [9.17, 15) is 27.2 Å². The van der Waals surface area contributed by atoms with E-state index in [1.807, 2.05) is 12.1 Å². The maximum Gasteiger partial charge on any atom is 0.257 e. The lowest BCUT2D eigenvalue weighted by Gasteiger charge is -2.34. The highest BCUT2D eigenvalue weighted by atomic mass is 32.2. The molecule has 3 aliphatic heterocycles. The van der Waals surface area contributed by atoms with Gasteiger partial charge in [0.05, 0.1) is 24.4 Å². The number of carbonyl (C=O) groups excluding carboxylic acids is 3. The fourth-order valence-corrected chi connectivity index (χ4v) is 7.58. The molecule has 0 aromatic heterocycles. The molecule has 13 nitrogen and oxygen atoms in total. The summed E-state index contributed by atoms with van der Waals surface area (Å²) in [6.07, 6.45) is 1.23. The summed E-state index contributed by atoms with van der Waals surface area (Å²) in [5.74, 6) is -1.20. The van der Waals surface area contributed by atoms with Gasteiger partial charge in [0.1, 0.15) is 11.6 Å². The van der Waals surface area contributed by atoms with Crippen LogP contribution in [0.1, 0.15) is 36.8 Å². The molecule has 3 heterocycles. The van der Waals surface area contributed by atoms with Crippen LogP contribution < -0.4 is 20.7 Å². The molecule has 1 unspecified atom stereocenters. The Bertz CT molecular complexity index is 1490. The van der Waals surface area contributed by atoms with Crippen molar-refractivity contribution in [3.05, 3.63) is 65.5 Å². The first-order chi connectivity index (χ1) is 24.1. The zero-order valence-corrected chi connectivity index (χ0v) is 29.6. The summed E-state index contributed by atoms with van der Waals surface area (Å²) in [5, 5.41) is 8.81. The van der Waals surface area contributed by atoms with Crippen molar-refractivity contribution < 1.29 is 41.4 Å². The smallest absolute Gasteiger partial charge is 0.257 e. The molecule has 1 fully saturated rings. The van der Waals surface area contributed by atoms with Gasteiger partial charge in [-0.3, -0.25) is 19.3 Å². The van der Waals surface area contributed by atoms with Crippen molar-refractivity contribution in [3.8, 4) is 5.75 Å². The Morgan fingerprint density at radius 1 is 0.980 bits per heavy atom. The number of sulfonamides is 1. The lowest BCUT2D eigenvalue weighted by Crippen LogP contribution is -2.52. The molecule has 0 spiro atoms. The molecule has 5 rings (SSSR count). The molecule has 276 valence electrons. The Morgan fingerprint density at radius 3 is 2.42 bits per heavy atom. The van der Waals surface area contributed by atoms with Gasteiger partial charge in [0.25, 0.3) is 5.91 Å². The molecule has 0 radical (unpaired) electrons. The third-order valence-electron chi connectivity index (χ3n) is 8.92. The van der Waals surface area contributed by atoms with Crippen LogP contribution in [0.25, 0.3) is 0 Å². The largest absolute Gasteiger partial charge is 0.484 e. The topological polar surface area (TPSA) is 156 Å². The molecule has 3 aliphatic rings. The summed E-state index contributed by atoms with van der Waals surface area (Å²) < 4.78 is 58.1. The molecule has 2 bridgehead atoms. The van der Waals surface area contributed by atoms with Gasteiger partial charge in [-0.1, -0.05) is 24.3 Å². The van der Waals surface area contributed by atoms with E-state index in [-0.39, 0.29) is 75.7 Å². The van der Waals surface area contributed by atoms with Crippen LogP contribution in [0.4, 0.5) is 4.39 Å². The van der Waals surface area contributed by atoms with Gasteiger partial charge in [0.2, 0.25) is 21.8 Å². The molecular formula is C35H50FN5O8S. The van der Waals surface area contributed by atoms with Crippen LogP contribution in [-0.2, 0) is 46.1 Å². The van der Waals surface area contributed by atoms with E-state index in [0.717, 1.165) is 18.7 Å². The number of morpholine rings is 1. The van der Waals surface area contributed by atoms with Gasteiger partial charge in [0, 0.05) is 72.5 Å². The van der Waals surface area contributed by atoms with Gasteiger partial charge in [-0.25, -0.2) is 17.1 Å². The second kappa shape index (κ2) is 19.7. The first kappa shape index (κ1) is 39.2. The van der Waals surface area contributed by atoms with Crippen molar-refractivity contribution in [1.82, 2.24) is 25.2 Å². The SMILES string of the molecule is COCCC1(C(=O)NCCN2CCOCC2)CNC(=O)CCCN(S(=O)(=O)Cc2ccc(F)cc2)CCCNC(=O)COc2ccc(cc2)C1. The van der Waals surface area contributed by atoms with E-state index in [0.29, 0.717) is 56.9 Å². The minimum atomic E-state index is -3.84. The maximum absolute atomic E-state index is 14.0. The van der Waals surface area contributed by atoms with Gasteiger partial charge in [-0.2, -0.15) is 0 Å². The molecule has 1 atom stereocenters. The molecule has 2 aromatic rings.